The van der Waals surface area contributed by atoms with Gasteiger partial charge in [-0.2, -0.15) is 0 Å². The lowest BCUT2D eigenvalue weighted by Crippen LogP contribution is -2.31. The largest absolute Gasteiger partial charge is 0.465 e. The van der Waals surface area contributed by atoms with Crippen LogP contribution in [0, 0.1) is 10.1 Å². The summed E-state index contributed by atoms with van der Waals surface area (Å²) < 4.78 is 9.42. The first-order chi connectivity index (χ1) is 13.3. The molecular formula is C19H18N2O7. The van der Waals surface area contributed by atoms with Crippen molar-refractivity contribution in [1.82, 2.24) is 5.32 Å². The van der Waals surface area contributed by atoms with Crippen LogP contribution in [0.5, 0.6) is 0 Å². The van der Waals surface area contributed by atoms with E-state index in [0.29, 0.717) is 0 Å². The maximum Gasteiger partial charge on any atom is 0.338 e. The highest BCUT2D eigenvalue weighted by atomic mass is 16.6. The number of nitrogens with one attached hydrogen (secondary N) is 1. The lowest BCUT2D eigenvalue weighted by atomic mass is 10.1. The molecule has 2 aromatic rings. The normalized spacial score (nSPS) is 11.2. The third-order valence-corrected chi connectivity index (χ3v) is 3.80. The molecule has 1 N–H and O–H groups in total. The summed E-state index contributed by atoms with van der Waals surface area (Å²) in [6.45, 7) is 1.20. The number of nitro benzene ring substituents is 1. The molecule has 0 bridgehead atoms. The molecule has 146 valence electrons. The maximum atomic E-state index is 12.2. The number of nitro groups is 1. The number of nitrogens with zero attached hydrogens (tertiary/aromatic N) is 1. The van der Waals surface area contributed by atoms with Gasteiger partial charge in [0.05, 0.1) is 29.2 Å². The van der Waals surface area contributed by atoms with Crippen LogP contribution in [0.1, 0.15) is 39.2 Å². The van der Waals surface area contributed by atoms with E-state index in [0.717, 1.165) is 30.9 Å². The summed E-state index contributed by atoms with van der Waals surface area (Å²) in [5.41, 5.74) is -0.00936. The van der Waals surface area contributed by atoms with Gasteiger partial charge in [0.1, 0.15) is 0 Å². The summed E-state index contributed by atoms with van der Waals surface area (Å²) in [4.78, 5) is 46.0. The molecular weight excluding hydrogens is 368 g/mol. The number of esters is 2. The molecule has 28 heavy (non-hydrogen) atoms. The molecule has 9 nitrogen and oxygen atoms in total. The molecule has 1 amide bonds. The molecule has 0 aromatic heterocycles. The fraction of sp³-hybridized carbons (Fsp3) is 0.211. The SMILES string of the molecule is COC(=O)c1cc(C(=O)OCC(=O)N[C@H](C)c2ccccc2)cc([N+](=O)[O-])c1. The average Bonchev–Trinajstić information content (AvgIpc) is 2.71. The van der Waals surface area contributed by atoms with Gasteiger partial charge in [0.2, 0.25) is 0 Å². The predicted octanol–water partition coefficient (Wildman–Crippen LogP) is 2.42. The number of methoxy groups -OCH3 is 1. The molecule has 0 aliphatic heterocycles. The van der Waals surface area contributed by atoms with Crippen molar-refractivity contribution in [2.45, 2.75) is 13.0 Å². The molecule has 9 heteroatoms. The molecule has 2 aromatic carbocycles. The molecule has 0 spiro atoms. The van der Waals surface area contributed by atoms with E-state index in [9.17, 15) is 24.5 Å². The number of ether oxygens (including phenoxy) is 2. The van der Waals surface area contributed by atoms with E-state index >= 15 is 0 Å². The maximum absolute atomic E-state index is 12.2. The van der Waals surface area contributed by atoms with Gasteiger partial charge in [-0.3, -0.25) is 14.9 Å². The van der Waals surface area contributed by atoms with Crippen LogP contribution in [-0.2, 0) is 14.3 Å². The van der Waals surface area contributed by atoms with E-state index in [-0.39, 0.29) is 17.2 Å². The zero-order chi connectivity index (χ0) is 20.7. The minimum absolute atomic E-state index is 0.175. The molecule has 0 aliphatic rings. The average molecular weight is 386 g/mol. The second-order valence-electron chi connectivity index (χ2n) is 5.79. The van der Waals surface area contributed by atoms with E-state index in [1.165, 1.54) is 0 Å². The molecule has 0 fully saturated rings. The Balaban J connectivity index is 2.04. The fourth-order valence-electron chi connectivity index (χ4n) is 2.39. The van der Waals surface area contributed by atoms with Crippen LogP contribution in [0.3, 0.4) is 0 Å². The number of hydrogen-bond donors (Lipinski definition) is 1. The van der Waals surface area contributed by atoms with Crippen LogP contribution in [0.25, 0.3) is 0 Å². The van der Waals surface area contributed by atoms with Gasteiger partial charge >= 0.3 is 11.9 Å². The number of non-ortho nitro benzene ring substituents is 1. The van der Waals surface area contributed by atoms with E-state index in [4.69, 9.17) is 4.74 Å². The lowest BCUT2D eigenvalue weighted by Gasteiger charge is -2.14. The van der Waals surface area contributed by atoms with Crippen molar-refractivity contribution in [3.63, 3.8) is 0 Å². The van der Waals surface area contributed by atoms with Crippen LogP contribution < -0.4 is 5.32 Å². The Morgan fingerprint density at radius 2 is 1.68 bits per heavy atom. The molecule has 0 aliphatic carbocycles. The quantitative estimate of drug-likeness (QED) is 0.440. The van der Waals surface area contributed by atoms with Crippen LogP contribution in [-0.4, -0.2) is 36.5 Å². The smallest absolute Gasteiger partial charge is 0.338 e. The van der Waals surface area contributed by atoms with Crippen molar-refractivity contribution >= 4 is 23.5 Å². The van der Waals surface area contributed by atoms with E-state index in [1.54, 1.807) is 6.92 Å². The topological polar surface area (TPSA) is 125 Å². The van der Waals surface area contributed by atoms with Crippen molar-refractivity contribution in [2.24, 2.45) is 0 Å². The summed E-state index contributed by atoms with van der Waals surface area (Å²) in [6.07, 6.45) is 0. The van der Waals surface area contributed by atoms with Gasteiger partial charge < -0.3 is 14.8 Å². The number of hydrogen-bond acceptors (Lipinski definition) is 7. The second kappa shape index (κ2) is 9.26. The van der Waals surface area contributed by atoms with Crippen LogP contribution >= 0.6 is 0 Å². The number of carbonyl (C=O) groups excluding carboxylic acids is 3. The Kier molecular flexibility index (Phi) is 6.80. The highest BCUT2D eigenvalue weighted by molar-refractivity contribution is 5.97. The molecule has 2 rings (SSSR count). The minimum Gasteiger partial charge on any atom is -0.465 e. The van der Waals surface area contributed by atoms with Gasteiger partial charge in [0.25, 0.3) is 11.6 Å². The van der Waals surface area contributed by atoms with Crippen LogP contribution in [0.4, 0.5) is 5.69 Å². The highest BCUT2D eigenvalue weighted by Gasteiger charge is 2.20. The zero-order valence-electron chi connectivity index (χ0n) is 15.2. The Morgan fingerprint density at radius 1 is 1.07 bits per heavy atom. The summed E-state index contributed by atoms with van der Waals surface area (Å²) >= 11 is 0. The van der Waals surface area contributed by atoms with Crippen molar-refractivity contribution in [1.29, 1.82) is 0 Å². The van der Waals surface area contributed by atoms with Crippen molar-refractivity contribution in [3.8, 4) is 0 Å². The Bertz CT molecular complexity index is 896. The highest BCUT2D eigenvalue weighted by Crippen LogP contribution is 2.19. The number of amides is 1. The number of benzene rings is 2. The van der Waals surface area contributed by atoms with Crippen molar-refractivity contribution < 1.29 is 28.8 Å². The summed E-state index contributed by atoms with van der Waals surface area (Å²) in [5.74, 6) is -2.35. The Hall–Kier alpha value is -3.75. The molecule has 1 atom stereocenters. The first kappa shape index (κ1) is 20.6. The molecule has 0 radical (unpaired) electrons. The third kappa shape index (κ3) is 5.37. The Labute approximate surface area is 160 Å². The zero-order valence-corrected chi connectivity index (χ0v) is 15.2. The molecule has 0 saturated heterocycles. The first-order valence-electron chi connectivity index (χ1n) is 8.21. The van der Waals surface area contributed by atoms with Gasteiger partial charge in [0.15, 0.2) is 6.61 Å². The minimum atomic E-state index is -0.976. The van der Waals surface area contributed by atoms with E-state index in [1.807, 2.05) is 30.3 Å². The van der Waals surface area contributed by atoms with Crippen molar-refractivity contribution in [2.75, 3.05) is 13.7 Å². The van der Waals surface area contributed by atoms with E-state index in [2.05, 4.69) is 10.1 Å². The fourth-order valence-corrected chi connectivity index (χ4v) is 2.39. The van der Waals surface area contributed by atoms with Gasteiger partial charge in [-0.15, -0.1) is 0 Å². The summed E-state index contributed by atoms with van der Waals surface area (Å²) in [5, 5.41) is 13.7. The monoisotopic (exact) mass is 386 g/mol. The third-order valence-electron chi connectivity index (χ3n) is 3.80. The lowest BCUT2D eigenvalue weighted by molar-refractivity contribution is -0.384. The molecule has 0 heterocycles. The predicted molar refractivity (Wildman–Crippen MR) is 97.7 cm³/mol. The number of rotatable bonds is 7. The van der Waals surface area contributed by atoms with E-state index < -0.39 is 35.1 Å². The molecule has 0 saturated carbocycles. The number of carbonyl (C=O) groups is 3. The second-order valence-corrected chi connectivity index (χ2v) is 5.79. The van der Waals surface area contributed by atoms with Gasteiger partial charge in [-0.1, -0.05) is 30.3 Å². The summed E-state index contributed by atoms with van der Waals surface area (Å²) in [7, 11) is 1.11. The van der Waals surface area contributed by atoms with Gasteiger partial charge in [-0.05, 0) is 18.6 Å². The first-order valence-corrected chi connectivity index (χ1v) is 8.21. The summed E-state index contributed by atoms with van der Waals surface area (Å²) in [6, 6.07) is 11.9. The van der Waals surface area contributed by atoms with Gasteiger partial charge in [-0.25, -0.2) is 9.59 Å². The van der Waals surface area contributed by atoms with Crippen molar-refractivity contribution in [3.05, 3.63) is 75.3 Å². The molecule has 0 unspecified atom stereocenters. The standard InChI is InChI=1S/C19H18N2O7/c1-12(13-6-4-3-5-7-13)20-17(22)11-28-19(24)15-8-14(18(23)27-2)9-16(10-15)21(25)26/h3-10,12H,11H2,1-2H3,(H,20,22)/t12-/m1/s1. The Morgan fingerprint density at radius 3 is 2.25 bits per heavy atom. The van der Waals surface area contributed by atoms with Crippen LogP contribution in [0.2, 0.25) is 0 Å². The van der Waals surface area contributed by atoms with Gasteiger partial charge in [0, 0.05) is 12.1 Å². The van der Waals surface area contributed by atoms with Crippen LogP contribution in [0.15, 0.2) is 48.5 Å².